The van der Waals surface area contributed by atoms with Crippen molar-refractivity contribution < 1.29 is 9.59 Å². The molecular weight excluding hydrogens is 232 g/mol. The summed E-state index contributed by atoms with van der Waals surface area (Å²) in [5.41, 5.74) is 6.17. The van der Waals surface area contributed by atoms with E-state index in [1.165, 1.54) is 0 Å². The quantitative estimate of drug-likeness (QED) is 0.694. The zero-order valence-corrected chi connectivity index (χ0v) is 10.7. The average molecular weight is 248 g/mol. The van der Waals surface area contributed by atoms with Gasteiger partial charge in [0.05, 0.1) is 17.9 Å². The van der Waals surface area contributed by atoms with Crippen LogP contribution in [0.4, 0.5) is 11.5 Å². The van der Waals surface area contributed by atoms with Crippen LogP contribution in [0.3, 0.4) is 0 Å². The summed E-state index contributed by atoms with van der Waals surface area (Å²) in [6, 6.07) is 3.45. The van der Waals surface area contributed by atoms with Crippen molar-refractivity contribution in [2.45, 2.75) is 26.3 Å². The topological polar surface area (TPSA) is 88.3 Å². The van der Waals surface area contributed by atoms with E-state index >= 15 is 0 Å². The molecule has 6 heteroatoms. The van der Waals surface area contributed by atoms with Crippen LogP contribution in [0.5, 0.6) is 0 Å². The Bertz CT molecular complexity index is 525. The number of pyridine rings is 1. The molecule has 0 unspecified atom stereocenters. The van der Waals surface area contributed by atoms with Gasteiger partial charge < -0.3 is 10.6 Å². The Morgan fingerprint density at radius 3 is 2.67 bits per heavy atom. The Morgan fingerprint density at radius 2 is 2.06 bits per heavy atom. The highest BCUT2D eigenvalue weighted by atomic mass is 16.2. The largest absolute Gasteiger partial charge is 0.397 e. The molecule has 0 aromatic carbocycles. The predicted octanol–water partition coefficient (Wildman–Crippen LogP) is 0.214. The van der Waals surface area contributed by atoms with Gasteiger partial charge in [0.1, 0.15) is 11.4 Å². The van der Waals surface area contributed by atoms with Crippen molar-refractivity contribution in [1.29, 1.82) is 0 Å². The maximum Gasteiger partial charge on any atom is 0.251 e. The minimum atomic E-state index is -0.816. The molecule has 0 atom stereocenters. The highest BCUT2D eigenvalue weighted by molar-refractivity contribution is 6.06. The summed E-state index contributed by atoms with van der Waals surface area (Å²) in [7, 11) is 0. The molecular formula is C12H16N4O2. The second kappa shape index (κ2) is 3.97. The third-order valence-electron chi connectivity index (χ3n) is 3.17. The number of anilines is 2. The minimum absolute atomic E-state index is 0.106. The second-order valence-electron chi connectivity index (χ2n) is 4.87. The smallest absolute Gasteiger partial charge is 0.251 e. The molecule has 1 saturated heterocycles. The third kappa shape index (κ3) is 1.90. The summed E-state index contributed by atoms with van der Waals surface area (Å²) in [6.45, 7) is 5.40. The Labute approximate surface area is 105 Å². The molecule has 2 heterocycles. The molecule has 1 fully saturated rings. The van der Waals surface area contributed by atoms with Gasteiger partial charge in [0.25, 0.3) is 5.91 Å². The molecule has 2 rings (SSSR count). The highest BCUT2D eigenvalue weighted by Gasteiger charge is 2.41. The van der Waals surface area contributed by atoms with Gasteiger partial charge >= 0.3 is 0 Å². The molecule has 3 N–H and O–H groups in total. The van der Waals surface area contributed by atoms with Crippen LogP contribution in [-0.4, -0.2) is 28.9 Å². The van der Waals surface area contributed by atoms with Crippen molar-refractivity contribution in [2.75, 3.05) is 17.2 Å². The highest BCUT2D eigenvalue weighted by Crippen LogP contribution is 2.26. The predicted molar refractivity (Wildman–Crippen MR) is 68.0 cm³/mol. The van der Waals surface area contributed by atoms with Gasteiger partial charge in [-0.1, -0.05) is 0 Å². The first-order valence-electron chi connectivity index (χ1n) is 5.67. The summed E-state index contributed by atoms with van der Waals surface area (Å²) in [5.74, 6) is -0.0690. The zero-order valence-electron chi connectivity index (χ0n) is 10.7. The number of hydrogen-bond donors (Lipinski definition) is 2. The number of hydrogen-bond acceptors (Lipinski definition) is 5. The van der Waals surface area contributed by atoms with E-state index in [4.69, 9.17) is 5.73 Å². The van der Waals surface area contributed by atoms with Crippen LogP contribution in [0, 0.1) is 6.92 Å². The van der Waals surface area contributed by atoms with Crippen molar-refractivity contribution in [1.82, 2.24) is 10.3 Å². The Morgan fingerprint density at radius 1 is 1.39 bits per heavy atom. The molecule has 1 aromatic rings. The number of carbonyl (C=O) groups excluding carboxylic acids is 2. The number of aryl methyl sites for hydroxylation is 1. The molecule has 0 radical (unpaired) electrons. The number of amides is 2. The van der Waals surface area contributed by atoms with Crippen molar-refractivity contribution in [3.63, 3.8) is 0 Å². The molecule has 1 aromatic heterocycles. The first-order valence-corrected chi connectivity index (χ1v) is 5.67. The van der Waals surface area contributed by atoms with Crippen LogP contribution in [0.1, 0.15) is 19.5 Å². The molecule has 6 nitrogen and oxygen atoms in total. The second-order valence-corrected chi connectivity index (χ2v) is 4.87. The molecule has 1 aliphatic heterocycles. The average Bonchev–Trinajstić information content (AvgIpc) is 2.28. The number of nitrogens with two attached hydrogens (primary N) is 1. The number of piperazine rings is 1. The fourth-order valence-corrected chi connectivity index (χ4v) is 1.86. The number of aromatic nitrogens is 1. The van der Waals surface area contributed by atoms with Gasteiger partial charge in [0.15, 0.2) is 0 Å². The summed E-state index contributed by atoms with van der Waals surface area (Å²) in [6.07, 6.45) is 0. The van der Waals surface area contributed by atoms with Crippen LogP contribution in [0.2, 0.25) is 0 Å². The molecule has 0 saturated carbocycles. The molecule has 0 aliphatic carbocycles. The van der Waals surface area contributed by atoms with Gasteiger partial charge in [-0.25, -0.2) is 4.98 Å². The monoisotopic (exact) mass is 248 g/mol. The lowest BCUT2D eigenvalue weighted by Crippen LogP contribution is -2.64. The standard InChI is InChI=1S/C12H16N4O2/c1-7-8(13)4-5-9(14-7)16-6-10(17)15-11(18)12(16,2)3/h4-5H,6,13H2,1-3H3,(H,15,17,18). The lowest BCUT2D eigenvalue weighted by molar-refractivity contribution is -0.135. The first-order chi connectivity index (χ1) is 8.32. The summed E-state index contributed by atoms with van der Waals surface area (Å²) >= 11 is 0. The van der Waals surface area contributed by atoms with Crippen LogP contribution in [0.15, 0.2) is 12.1 Å². The Kier molecular flexibility index (Phi) is 2.73. The maximum absolute atomic E-state index is 11.8. The van der Waals surface area contributed by atoms with Crippen molar-refractivity contribution in [2.24, 2.45) is 0 Å². The third-order valence-corrected chi connectivity index (χ3v) is 3.17. The number of imide groups is 1. The van der Waals surface area contributed by atoms with Gasteiger partial charge in [-0.3, -0.25) is 14.9 Å². The molecule has 0 bridgehead atoms. The van der Waals surface area contributed by atoms with E-state index in [-0.39, 0.29) is 18.4 Å². The van der Waals surface area contributed by atoms with Crippen molar-refractivity contribution >= 4 is 23.3 Å². The van der Waals surface area contributed by atoms with E-state index < -0.39 is 5.54 Å². The molecule has 18 heavy (non-hydrogen) atoms. The maximum atomic E-state index is 11.8. The van der Waals surface area contributed by atoms with Crippen LogP contribution in [0.25, 0.3) is 0 Å². The fourth-order valence-electron chi connectivity index (χ4n) is 1.86. The van der Waals surface area contributed by atoms with E-state index in [0.29, 0.717) is 17.2 Å². The van der Waals surface area contributed by atoms with E-state index in [2.05, 4.69) is 10.3 Å². The van der Waals surface area contributed by atoms with Gasteiger partial charge in [0.2, 0.25) is 5.91 Å². The van der Waals surface area contributed by atoms with Crippen molar-refractivity contribution in [3.05, 3.63) is 17.8 Å². The van der Waals surface area contributed by atoms with Crippen LogP contribution in [-0.2, 0) is 9.59 Å². The Hall–Kier alpha value is -2.11. The lowest BCUT2D eigenvalue weighted by atomic mass is 9.98. The minimum Gasteiger partial charge on any atom is -0.397 e. The number of nitrogens with zero attached hydrogens (tertiary/aromatic N) is 2. The van der Waals surface area contributed by atoms with E-state index in [1.54, 1.807) is 37.8 Å². The molecule has 2 amide bonds. The SMILES string of the molecule is Cc1nc(N2CC(=O)NC(=O)C2(C)C)ccc1N. The molecule has 96 valence electrons. The van der Waals surface area contributed by atoms with E-state index in [9.17, 15) is 9.59 Å². The van der Waals surface area contributed by atoms with Gasteiger partial charge in [-0.15, -0.1) is 0 Å². The fraction of sp³-hybridized carbons (Fsp3) is 0.417. The summed E-state index contributed by atoms with van der Waals surface area (Å²) < 4.78 is 0. The lowest BCUT2D eigenvalue weighted by Gasteiger charge is -2.41. The zero-order chi connectivity index (χ0) is 13.5. The van der Waals surface area contributed by atoms with Gasteiger partial charge in [-0.05, 0) is 32.9 Å². The summed E-state index contributed by atoms with van der Waals surface area (Å²) in [4.78, 5) is 29.3. The molecule has 0 spiro atoms. The first kappa shape index (κ1) is 12.3. The van der Waals surface area contributed by atoms with Gasteiger partial charge in [0, 0.05) is 0 Å². The number of nitrogen functional groups attached to an aromatic ring is 1. The molecule has 1 aliphatic rings. The van der Waals surface area contributed by atoms with E-state index in [1.807, 2.05) is 0 Å². The normalized spacial score (nSPS) is 18.7. The van der Waals surface area contributed by atoms with Crippen LogP contribution < -0.4 is 16.0 Å². The van der Waals surface area contributed by atoms with Crippen LogP contribution >= 0.6 is 0 Å². The number of carbonyl (C=O) groups is 2. The number of nitrogens with one attached hydrogen (secondary N) is 1. The van der Waals surface area contributed by atoms with Gasteiger partial charge in [-0.2, -0.15) is 0 Å². The van der Waals surface area contributed by atoms with E-state index in [0.717, 1.165) is 0 Å². The Balaban J connectivity index is 2.43. The number of rotatable bonds is 1. The summed E-state index contributed by atoms with van der Waals surface area (Å²) in [5, 5.41) is 2.32. The van der Waals surface area contributed by atoms with Crippen molar-refractivity contribution in [3.8, 4) is 0 Å².